The van der Waals surface area contributed by atoms with Crippen molar-refractivity contribution in [1.29, 1.82) is 0 Å². The zero-order valence-corrected chi connectivity index (χ0v) is 25.0. The molecule has 212 valence electrons. The quantitative estimate of drug-likeness (QED) is 0.205. The van der Waals surface area contributed by atoms with Gasteiger partial charge in [0, 0.05) is 41.7 Å². The summed E-state index contributed by atoms with van der Waals surface area (Å²) in [4.78, 5) is 20.0. The second kappa shape index (κ2) is 9.97. The molecule has 10 heteroatoms. The number of nitrogens with zero attached hydrogens (tertiary/aromatic N) is 3. The predicted octanol–water partition coefficient (Wildman–Crippen LogP) is 7.70. The Kier molecular flexibility index (Phi) is 6.33. The van der Waals surface area contributed by atoms with Gasteiger partial charge in [-0.3, -0.25) is 0 Å². The maximum Gasteiger partial charge on any atom is 0.337 e. The largest absolute Gasteiger partial charge is 0.465 e. The van der Waals surface area contributed by atoms with Crippen LogP contribution >= 0.6 is 34.5 Å². The lowest BCUT2D eigenvalue weighted by molar-refractivity contribution is 0.0601. The van der Waals surface area contributed by atoms with Crippen molar-refractivity contribution in [2.24, 2.45) is 0 Å². The van der Waals surface area contributed by atoms with Crippen molar-refractivity contribution in [3.8, 4) is 11.3 Å². The van der Waals surface area contributed by atoms with E-state index in [2.05, 4.69) is 15.4 Å². The summed E-state index contributed by atoms with van der Waals surface area (Å²) in [6, 6.07) is 10.8. The molecule has 0 radical (unpaired) electrons. The van der Waals surface area contributed by atoms with E-state index in [4.69, 9.17) is 37.4 Å². The lowest BCUT2D eigenvalue weighted by atomic mass is 9.77. The fourth-order valence-electron chi connectivity index (χ4n) is 6.77. The van der Waals surface area contributed by atoms with Gasteiger partial charge in [-0.1, -0.05) is 45.8 Å². The van der Waals surface area contributed by atoms with Gasteiger partial charge in [0.2, 0.25) is 0 Å². The van der Waals surface area contributed by atoms with Crippen molar-refractivity contribution < 1.29 is 14.1 Å². The lowest BCUT2D eigenvalue weighted by Crippen LogP contribution is -2.64. The molecule has 2 aliphatic heterocycles. The summed E-state index contributed by atoms with van der Waals surface area (Å²) in [7, 11) is 1.44. The monoisotopic (exact) mass is 608 g/mol. The zero-order valence-electron chi connectivity index (χ0n) is 22.7. The van der Waals surface area contributed by atoms with Crippen LogP contribution in [-0.4, -0.2) is 41.3 Å². The second-order valence-electron chi connectivity index (χ2n) is 11.9. The number of anilines is 1. The Hall–Kier alpha value is -2.65. The average molecular weight is 610 g/mol. The maximum atomic E-state index is 12.3. The SMILES string of the molecule is COC(=O)c1cc(C2CC2)c2nc(N3C4CC(NCc5c(-c6c(Cl)cccc6Cl)noc5C5CC5)CC3C4)sc2c1. The van der Waals surface area contributed by atoms with Crippen molar-refractivity contribution in [3.05, 3.63) is 62.8 Å². The summed E-state index contributed by atoms with van der Waals surface area (Å²) >= 11 is 14.8. The van der Waals surface area contributed by atoms with Crippen molar-refractivity contribution in [2.45, 2.75) is 81.5 Å². The summed E-state index contributed by atoms with van der Waals surface area (Å²) in [6.07, 6.45) is 7.89. The number of piperidine rings is 1. The molecule has 2 aromatic carbocycles. The number of nitrogens with one attached hydrogen (secondary N) is 1. The third kappa shape index (κ3) is 4.54. The fourth-order valence-corrected chi connectivity index (χ4v) is 8.53. The predicted molar refractivity (Wildman–Crippen MR) is 161 cm³/mol. The number of carbonyl (C=O) groups is 1. The van der Waals surface area contributed by atoms with Gasteiger partial charge in [0.25, 0.3) is 0 Å². The standard InChI is InChI=1S/C31H30Cl2N4O3S/c1-39-30(38)17-9-21(15-5-6-15)27-25(10-17)41-31(35-27)37-19-11-18(12-20(37)13-19)34-14-22-28(36-40-29(22)16-7-8-16)26-23(32)3-2-4-24(26)33/h2-4,9-10,15-16,18-20,34H,5-8,11-14H2,1H3. The number of carbonyl (C=O) groups excluding carboxylic acids is 1. The van der Waals surface area contributed by atoms with Crippen LogP contribution in [0, 0.1) is 0 Å². The molecule has 9 rings (SSSR count). The molecule has 2 aromatic heterocycles. The fraction of sp³-hybridized carbons (Fsp3) is 0.452. The van der Waals surface area contributed by atoms with E-state index >= 15 is 0 Å². The van der Waals surface area contributed by atoms with Crippen LogP contribution in [0.25, 0.3) is 21.5 Å². The summed E-state index contributed by atoms with van der Waals surface area (Å²) in [5.74, 6) is 1.63. The number of methoxy groups -OCH3 is 1. The number of thiazole rings is 1. The number of benzene rings is 2. The first-order valence-corrected chi connectivity index (χ1v) is 16.0. The van der Waals surface area contributed by atoms with E-state index in [0.717, 1.165) is 76.5 Å². The first kappa shape index (κ1) is 26.0. The molecular weight excluding hydrogens is 579 g/mol. The molecule has 2 atom stereocenters. The molecule has 7 nitrogen and oxygen atoms in total. The van der Waals surface area contributed by atoms with Gasteiger partial charge >= 0.3 is 5.97 Å². The number of fused-ring (bicyclic) bond motifs is 3. The minimum atomic E-state index is -0.281. The Morgan fingerprint density at radius 2 is 1.83 bits per heavy atom. The van der Waals surface area contributed by atoms with E-state index in [-0.39, 0.29) is 5.97 Å². The van der Waals surface area contributed by atoms with E-state index in [1.54, 1.807) is 11.3 Å². The van der Waals surface area contributed by atoms with Crippen LogP contribution in [-0.2, 0) is 11.3 Å². The Balaban J connectivity index is 1.01. The number of hydrogen-bond donors (Lipinski definition) is 1. The zero-order chi connectivity index (χ0) is 27.8. The van der Waals surface area contributed by atoms with Gasteiger partial charge in [-0.25, -0.2) is 9.78 Å². The highest BCUT2D eigenvalue weighted by Gasteiger charge is 2.47. The highest BCUT2D eigenvalue weighted by Crippen LogP contribution is 2.49. The number of aromatic nitrogens is 2. The molecule has 2 unspecified atom stereocenters. The van der Waals surface area contributed by atoms with Crippen LogP contribution < -0.4 is 10.2 Å². The second-order valence-corrected chi connectivity index (χ2v) is 13.7. The van der Waals surface area contributed by atoms with Crippen molar-refractivity contribution >= 4 is 55.9 Å². The van der Waals surface area contributed by atoms with Crippen LogP contribution in [0.2, 0.25) is 10.0 Å². The average Bonchev–Trinajstić information content (AvgIpc) is 3.90. The summed E-state index contributed by atoms with van der Waals surface area (Å²) in [5, 5.41) is 10.5. The van der Waals surface area contributed by atoms with Crippen LogP contribution in [0.15, 0.2) is 34.9 Å². The molecule has 5 fully saturated rings. The first-order chi connectivity index (χ1) is 20.0. The highest BCUT2D eigenvalue weighted by atomic mass is 35.5. The summed E-state index contributed by atoms with van der Waals surface area (Å²) < 4.78 is 12.0. The van der Waals surface area contributed by atoms with Gasteiger partial charge < -0.3 is 19.5 Å². The van der Waals surface area contributed by atoms with Gasteiger partial charge in [-0.15, -0.1) is 0 Å². The van der Waals surface area contributed by atoms with E-state index < -0.39 is 0 Å². The number of rotatable bonds is 8. The van der Waals surface area contributed by atoms with Crippen LogP contribution in [0.4, 0.5) is 5.13 Å². The molecule has 2 bridgehead atoms. The molecule has 4 heterocycles. The molecular formula is C31H30Cl2N4O3S. The third-order valence-electron chi connectivity index (χ3n) is 9.15. The van der Waals surface area contributed by atoms with Crippen molar-refractivity contribution in [3.63, 3.8) is 0 Å². The minimum absolute atomic E-state index is 0.281. The highest BCUT2D eigenvalue weighted by molar-refractivity contribution is 7.22. The first-order valence-electron chi connectivity index (χ1n) is 14.5. The van der Waals surface area contributed by atoms with Crippen molar-refractivity contribution in [1.82, 2.24) is 15.5 Å². The van der Waals surface area contributed by atoms with E-state index in [1.165, 1.54) is 19.1 Å². The molecule has 41 heavy (non-hydrogen) atoms. The number of hydrogen-bond acceptors (Lipinski definition) is 8. The third-order valence-corrected chi connectivity index (χ3v) is 10.8. The van der Waals surface area contributed by atoms with Crippen LogP contribution in [0.1, 0.15) is 84.0 Å². The molecule has 0 spiro atoms. The molecule has 1 N–H and O–H groups in total. The van der Waals surface area contributed by atoms with Crippen LogP contribution in [0.3, 0.4) is 0 Å². The van der Waals surface area contributed by atoms with E-state index in [0.29, 0.717) is 52.1 Å². The van der Waals surface area contributed by atoms with E-state index in [9.17, 15) is 4.79 Å². The number of esters is 1. The number of halogens is 2. The Bertz CT molecular complexity index is 1650. The lowest BCUT2D eigenvalue weighted by Gasteiger charge is -2.55. The molecule has 4 aromatic rings. The van der Waals surface area contributed by atoms with Gasteiger partial charge in [-0.05, 0) is 80.7 Å². The van der Waals surface area contributed by atoms with Gasteiger partial charge in [0.15, 0.2) is 5.13 Å². The normalized spacial score (nSPS) is 23.6. The molecule has 5 aliphatic rings. The Morgan fingerprint density at radius 1 is 1.10 bits per heavy atom. The maximum absolute atomic E-state index is 12.3. The van der Waals surface area contributed by atoms with Crippen LogP contribution in [0.5, 0.6) is 0 Å². The Labute approximate surface area is 252 Å². The molecule has 0 amide bonds. The number of ether oxygens (including phenoxy) is 1. The summed E-state index contributed by atoms with van der Waals surface area (Å²) in [5.41, 5.74) is 5.47. The van der Waals surface area contributed by atoms with Crippen molar-refractivity contribution in [2.75, 3.05) is 12.0 Å². The van der Waals surface area contributed by atoms with Gasteiger partial charge in [0.05, 0.1) is 32.9 Å². The Morgan fingerprint density at radius 3 is 2.51 bits per heavy atom. The van der Waals surface area contributed by atoms with Gasteiger partial charge in [-0.2, -0.15) is 0 Å². The molecule has 2 saturated heterocycles. The van der Waals surface area contributed by atoms with Gasteiger partial charge in [0.1, 0.15) is 11.5 Å². The minimum Gasteiger partial charge on any atom is -0.465 e. The van der Waals surface area contributed by atoms with E-state index in [1.807, 2.05) is 30.3 Å². The summed E-state index contributed by atoms with van der Waals surface area (Å²) in [6.45, 7) is 0.679. The molecule has 3 saturated carbocycles. The topological polar surface area (TPSA) is 80.5 Å². The smallest absolute Gasteiger partial charge is 0.337 e. The molecule has 3 aliphatic carbocycles.